The molecule has 194 valence electrons. The maximum absolute atomic E-state index is 12.8. The van der Waals surface area contributed by atoms with Crippen molar-refractivity contribution in [2.24, 2.45) is 0 Å². The van der Waals surface area contributed by atoms with Crippen molar-refractivity contribution in [3.8, 4) is 5.75 Å². The molecule has 1 atom stereocenters. The summed E-state index contributed by atoms with van der Waals surface area (Å²) in [4.78, 5) is 24.7. The number of amides is 2. The van der Waals surface area contributed by atoms with E-state index in [4.69, 9.17) is 32.7 Å². The lowest BCUT2D eigenvalue weighted by Gasteiger charge is -2.13. The second kappa shape index (κ2) is 11.8. The second-order valence-corrected chi connectivity index (χ2v) is 10.6. The van der Waals surface area contributed by atoms with Crippen molar-refractivity contribution >= 4 is 50.7 Å². The van der Waals surface area contributed by atoms with E-state index in [9.17, 15) is 18.0 Å². The first-order valence-electron chi connectivity index (χ1n) is 11.2. The molecule has 3 aromatic rings. The number of benzene rings is 3. The molecule has 3 N–H and O–H groups in total. The minimum Gasteiger partial charge on any atom is -0.491 e. The van der Waals surface area contributed by atoms with Gasteiger partial charge < -0.3 is 9.47 Å². The smallest absolute Gasteiger partial charge is 0.269 e. The number of hydrazine groups is 1. The van der Waals surface area contributed by atoms with Crippen molar-refractivity contribution in [1.29, 1.82) is 0 Å². The number of halogens is 2. The molecular weight excluding hydrogens is 541 g/mol. The summed E-state index contributed by atoms with van der Waals surface area (Å²) in [5.41, 5.74) is 5.10. The van der Waals surface area contributed by atoms with E-state index in [0.29, 0.717) is 17.4 Å². The Balaban J connectivity index is 1.35. The third kappa shape index (κ3) is 7.14. The number of anilines is 1. The van der Waals surface area contributed by atoms with Gasteiger partial charge in [0.15, 0.2) is 0 Å². The monoisotopic (exact) mass is 563 g/mol. The molecule has 0 radical (unpaired) electrons. The van der Waals surface area contributed by atoms with E-state index >= 15 is 0 Å². The van der Waals surface area contributed by atoms with E-state index < -0.39 is 21.8 Å². The molecule has 0 aromatic heterocycles. The average molecular weight is 564 g/mol. The summed E-state index contributed by atoms with van der Waals surface area (Å²) < 4.78 is 39.2. The van der Waals surface area contributed by atoms with E-state index in [2.05, 4.69) is 15.6 Å². The first-order valence-corrected chi connectivity index (χ1v) is 13.5. The molecule has 12 heteroatoms. The molecule has 9 nitrogen and oxygen atoms in total. The molecule has 1 saturated heterocycles. The normalized spacial score (nSPS) is 15.1. The maximum Gasteiger partial charge on any atom is 0.269 e. The molecule has 1 aliphatic heterocycles. The van der Waals surface area contributed by atoms with Gasteiger partial charge in [-0.3, -0.25) is 25.2 Å². The van der Waals surface area contributed by atoms with Gasteiger partial charge in [-0.1, -0.05) is 23.2 Å². The lowest BCUT2D eigenvalue weighted by atomic mass is 10.2. The van der Waals surface area contributed by atoms with Crippen molar-refractivity contribution in [1.82, 2.24) is 10.9 Å². The summed E-state index contributed by atoms with van der Waals surface area (Å²) in [6.07, 6.45) is 2.06. The number of hydrogen-bond donors (Lipinski definition) is 3. The number of hydrogen-bond acceptors (Lipinski definition) is 6. The zero-order valence-corrected chi connectivity index (χ0v) is 21.7. The van der Waals surface area contributed by atoms with Crippen LogP contribution in [0.4, 0.5) is 5.69 Å². The Labute approximate surface area is 224 Å². The molecule has 1 unspecified atom stereocenters. The van der Waals surface area contributed by atoms with Crippen LogP contribution in [0.5, 0.6) is 5.75 Å². The summed E-state index contributed by atoms with van der Waals surface area (Å²) in [5, 5.41) is 0.365. The SMILES string of the molecule is O=C(NNC(=O)c1ccc(Cl)c(S(=O)(=O)Nc2ccc(Cl)cc2)c1)c1ccc(OCC2CCCO2)cc1. The van der Waals surface area contributed by atoms with Crippen molar-refractivity contribution in [3.05, 3.63) is 87.9 Å². The van der Waals surface area contributed by atoms with Gasteiger partial charge in [0.25, 0.3) is 21.8 Å². The number of nitrogens with one attached hydrogen (secondary N) is 3. The molecule has 1 aliphatic rings. The molecule has 4 rings (SSSR count). The van der Waals surface area contributed by atoms with Crippen molar-refractivity contribution in [3.63, 3.8) is 0 Å². The molecular formula is C25H23Cl2N3O6S. The molecule has 3 aromatic carbocycles. The lowest BCUT2D eigenvalue weighted by Crippen LogP contribution is -2.41. The standard InChI is InChI=1S/C25H23Cl2N3O6S/c26-18-6-8-19(9-7-18)30-37(33,34)23-14-17(5-12-22(23)27)25(32)29-28-24(31)16-3-10-20(11-4-16)36-15-21-2-1-13-35-21/h3-12,14,21,30H,1-2,13,15H2,(H,28,31)(H,29,32). The van der Waals surface area contributed by atoms with E-state index in [1.165, 1.54) is 36.4 Å². The number of carbonyl (C=O) groups excluding carboxylic acids is 2. The Hall–Kier alpha value is -3.31. The van der Waals surface area contributed by atoms with E-state index in [1.807, 2.05) is 0 Å². The highest BCUT2D eigenvalue weighted by Crippen LogP contribution is 2.26. The fourth-order valence-corrected chi connectivity index (χ4v) is 5.22. The van der Waals surface area contributed by atoms with E-state index in [-0.39, 0.29) is 32.8 Å². The zero-order valence-electron chi connectivity index (χ0n) is 19.4. The second-order valence-electron chi connectivity index (χ2n) is 8.14. The van der Waals surface area contributed by atoms with Gasteiger partial charge in [0.1, 0.15) is 17.3 Å². The number of carbonyl (C=O) groups is 2. The van der Waals surface area contributed by atoms with Gasteiger partial charge in [0.05, 0.1) is 11.1 Å². The van der Waals surface area contributed by atoms with Gasteiger partial charge in [0.2, 0.25) is 0 Å². The van der Waals surface area contributed by atoms with Gasteiger partial charge in [-0.25, -0.2) is 8.42 Å². The Morgan fingerprint density at radius 3 is 2.22 bits per heavy atom. The predicted molar refractivity (Wildman–Crippen MR) is 140 cm³/mol. The molecule has 0 bridgehead atoms. The predicted octanol–water partition coefficient (Wildman–Crippen LogP) is 4.43. The van der Waals surface area contributed by atoms with Crippen LogP contribution in [0, 0.1) is 0 Å². The molecule has 37 heavy (non-hydrogen) atoms. The summed E-state index contributed by atoms with van der Waals surface area (Å²) in [5.74, 6) is -0.701. The fraction of sp³-hybridized carbons (Fsp3) is 0.200. The highest BCUT2D eigenvalue weighted by Gasteiger charge is 2.21. The van der Waals surface area contributed by atoms with Crippen LogP contribution in [0.3, 0.4) is 0 Å². The molecule has 0 spiro atoms. The minimum absolute atomic E-state index is 0.0286. The van der Waals surface area contributed by atoms with Crippen LogP contribution in [0.25, 0.3) is 0 Å². The number of rotatable bonds is 8. The van der Waals surface area contributed by atoms with Crippen LogP contribution >= 0.6 is 23.2 Å². The molecule has 0 saturated carbocycles. The summed E-state index contributed by atoms with van der Waals surface area (Å²) >= 11 is 11.9. The number of ether oxygens (including phenoxy) is 2. The fourth-order valence-electron chi connectivity index (χ4n) is 3.50. The summed E-state index contributed by atoms with van der Waals surface area (Å²) in [6.45, 7) is 1.18. The minimum atomic E-state index is -4.11. The number of sulfonamides is 1. The van der Waals surface area contributed by atoms with Gasteiger partial charge in [-0.15, -0.1) is 0 Å². The molecule has 2 amide bonds. The van der Waals surface area contributed by atoms with Crippen LogP contribution < -0.4 is 20.3 Å². The van der Waals surface area contributed by atoms with Crippen LogP contribution in [0.1, 0.15) is 33.6 Å². The van der Waals surface area contributed by atoms with Crippen molar-refractivity contribution in [2.75, 3.05) is 17.9 Å². The van der Waals surface area contributed by atoms with Crippen molar-refractivity contribution < 1.29 is 27.5 Å². The van der Waals surface area contributed by atoms with Crippen LogP contribution in [-0.4, -0.2) is 39.5 Å². The first-order chi connectivity index (χ1) is 17.7. The zero-order chi connectivity index (χ0) is 26.4. The molecule has 0 aliphatic carbocycles. The highest BCUT2D eigenvalue weighted by atomic mass is 35.5. The Bertz CT molecular complexity index is 1380. The van der Waals surface area contributed by atoms with E-state index in [0.717, 1.165) is 25.5 Å². The Morgan fingerprint density at radius 1 is 0.919 bits per heavy atom. The Kier molecular flexibility index (Phi) is 8.55. The topological polar surface area (TPSA) is 123 Å². The van der Waals surface area contributed by atoms with E-state index in [1.54, 1.807) is 24.3 Å². The summed E-state index contributed by atoms with van der Waals surface area (Å²) in [6, 6.07) is 16.2. The van der Waals surface area contributed by atoms with Gasteiger partial charge in [-0.2, -0.15) is 0 Å². The summed E-state index contributed by atoms with van der Waals surface area (Å²) in [7, 11) is -4.11. The third-order valence-corrected chi connectivity index (χ3v) is 7.56. The van der Waals surface area contributed by atoms with Crippen LogP contribution in [0.15, 0.2) is 71.6 Å². The third-order valence-electron chi connectivity index (χ3n) is 5.45. The largest absolute Gasteiger partial charge is 0.491 e. The van der Waals surface area contributed by atoms with Crippen LogP contribution in [-0.2, 0) is 14.8 Å². The van der Waals surface area contributed by atoms with Gasteiger partial charge >= 0.3 is 0 Å². The molecule has 1 heterocycles. The van der Waals surface area contributed by atoms with Gasteiger partial charge in [-0.05, 0) is 79.6 Å². The average Bonchev–Trinajstić information content (AvgIpc) is 3.41. The van der Waals surface area contributed by atoms with Crippen LogP contribution in [0.2, 0.25) is 10.0 Å². The quantitative estimate of drug-likeness (QED) is 0.348. The van der Waals surface area contributed by atoms with Gasteiger partial charge in [0, 0.05) is 28.4 Å². The Morgan fingerprint density at radius 2 is 1.57 bits per heavy atom. The highest BCUT2D eigenvalue weighted by molar-refractivity contribution is 7.92. The molecule has 1 fully saturated rings. The van der Waals surface area contributed by atoms with Crippen molar-refractivity contribution in [2.45, 2.75) is 23.8 Å². The maximum atomic E-state index is 12.8. The first kappa shape index (κ1) is 26.7. The lowest BCUT2D eigenvalue weighted by molar-refractivity contribution is 0.0679.